The van der Waals surface area contributed by atoms with E-state index in [-0.39, 0.29) is 10.6 Å². The molecule has 1 aromatic rings. The van der Waals surface area contributed by atoms with E-state index in [4.69, 9.17) is 4.74 Å². The second kappa shape index (κ2) is 3.92. The lowest BCUT2D eigenvalue weighted by Crippen LogP contribution is -2.58. The fourth-order valence-corrected chi connectivity index (χ4v) is 3.26. The maximum atomic E-state index is 12.7. The third-order valence-corrected chi connectivity index (χ3v) is 4.33. The van der Waals surface area contributed by atoms with Crippen LogP contribution < -0.4 is 4.74 Å². The normalized spacial score (nSPS) is 19.7. The second-order valence-corrected chi connectivity index (χ2v) is 5.69. The molecule has 4 nitrogen and oxygen atoms in total. The number of benzene rings is 1. The van der Waals surface area contributed by atoms with Crippen LogP contribution in [0.15, 0.2) is 29.2 Å². The van der Waals surface area contributed by atoms with Crippen molar-refractivity contribution in [1.29, 1.82) is 0 Å². The summed E-state index contributed by atoms with van der Waals surface area (Å²) in [6.45, 7) is -1.54. The van der Waals surface area contributed by atoms with Gasteiger partial charge in [-0.25, -0.2) is 17.2 Å². The SMILES string of the molecule is COc1ccccc1S(=O)(=O)N1CC(F)(F)C1. The van der Waals surface area contributed by atoms with Crippen LogP contribution in [0.4, 0.5) is 8.78 Å². The molecule has 1 saturated heterocycles. The quantitative estimate of drug-likeness (QED) is 0.826. The molecule has 0 atom stereocenters. The fraction of sp³-hybridized carbons (Fsp3) is 0.400. The van der Waals surface area contributed by atoms with E-state index in [1.165, 1.54) is 25.3 Å². The van der Waals surface area contributed by atoms with E-state index >= 15 is 0 Å². The summed E-state index contributed by atoms with van der Waals surface area (Å²) < 4.78 is 55.0. The predicted molar refractivity (Wildman–Crippen MR) is 56.7 cm³/mol. The first-order valence-corrected chi connectivity index (χ1v) is 6.32. The van der Waals surface area contributed by atoms with Gasteiger partial charge in [0.25, 0.3) is 5.92 Å². The van der Waals surface area contributed by atoms with Crippen LogP contribution in [-0.4, -0.2) is 38.8 Å². The maximum absolute atomic E-state index is 12.7. The summed E-state index contributed by atoms with van der Waals surface area (Å²) in [5.74, 6) is -2.77. The smallest absolute Gasteiger partial charge is 0.275 e. The average molecular weight is 263 g/mol. The number of rotatable bonds is 3. The molecule has 1 aliphatic rings. The monoisotopic (exact) mass is 263 g/mol. The molecule has 2 rings (SSSR count). The summed E-state index contributed by atoms with van der Waals surface area (Å²) >= 11 is 0. The molecule has 0 saturated carbocycles. The van der Waals surface area contributed by atoms with E-state index in [9.17, 15) is 17.2 Å². The standard InChI is InChI=1S/C10H11F2NO3S/c1-16-8-4-2-3-5-9(8)17(14,15)13-6-10(11,12)7-13/h2-5H,6-7H2,1H3. The highest BCUT2D eigenvalue weighted by Crippen LogP contribution is 2.34. The van der Waals surface area contributed by atoms with Crippen LogP contribution in [0.3, 0.4) is 0 Å². The zero-order valence-corrected chi connectivity index (χ0v) is 9.88. The third-order valence-electron chi connectivity index (χ3n) is 2.50. The lowest BCUT2D eigenvalue weighted by atomic mass is 10.2. The molecule has 0 spiro atoms. The molecule has 0 N–H and O–H groups in total. The van der Waals surface area contributed by atoms with Gasteiger partial charge in [0.1, 0.15) is 10.6 Å². The Hall–Kier alpha value is -1.21. The van der Waals surface area contributed by atoms with Crippen molar-refractivity contribution in [3.05, 3.63) is 24.3 Å². The lowest BCUT2D eigenvalue weighted by molar-refractivity contribution is -0.0945. The minimum Gasteiger partial charge on any atom is -0.495 e. The van der Waals surface area contributed by atoms with Crippen molar-refractivity contribution in [3.63, 3.8) is 0 Å². The molecule has 1 aromatic carbocycles. The number of hydrogen-bond acceptors (Lipinski definition) is 3. The highest BCUT2D eigenvalue weighted by atomic mass is 32.2. The van der Waals surface area contributed by atoms with Crippen LogP contribution >= 0.6 is 0 Å². The Morgan fingerprint density at radius 2 is 1.88 bits per heavy atom. The summed E-state index contributed by atoms with van der Waals surface area (Å²) in [6.07, 6.45) is 0. The van der Waals surface area contributed by atoms with E-state index < -0.39 is 29.0 Å². The average Bonchev–Trinajstić information content (AvgIpc) is 2.25. The van der Waals surface area contributed by atoms with Crippen LogP contribution in [0, 0.1) is 0 Å². The van der Waals surface area contributed by atoms with Gasteiger partial charge in [-0.15, -0.1) is 0 Å². The number of ether oxygens (including phenoxy) is 1. The molecule has 0 radical (unpaired) electrons. The molecule has 1 fully saturated rings. The molecule has 1 aliphatic heterocycles. The van der Waals surface area contributed by atoms with Crippen molar-refractivity contribution in [3.8, 4) is 5.75 Å². The summed E-state index contributed by atoms with van der Waals surface area (Å²) in [7, 11) is -2.56. The molecule has 1 heterocycles. The van der Waals surface area contributed by atoms with Gasteiger partial charge in [0.15, 0.2) is 0 Å². The van der Waals surface area contributed by atoms with E-state index in [1.54, 1.807) is 6.07 Å². The molecular weight excluding hydrogens is 252 g/mol. The van der Waals surface area contributed by atoms with Gasteiger partial charge in [-0.1, -0.05) is 12.1 Å². The van der Waals surface area contributed by atoms with Gasteiger partial charge < -0.3 is 4.74 Å². The van der Waals surface area contributed by atoms with E-state index in [0.29, 0.717) is 0 Å². The number of methoxy groups -OCH3 is 1. The summed E-state index contributed by atoms with van der Waals surface area (Å²) in [4.78, 5) is -0.0852. The van der Waals surface area contributed by atoms with Crippen LogP contribution in [-0.2, 0) is 10.0 Å². The van der Waals surface area contributed by atoms with E-state index in [0.717, 1.165) is 4.31 Å². The van der Waals surface area contributed by atoms with Crippen LogP contribution in [0.25, 0.3) is 0 Å². The van der Waals surface area contributed by atoms with Crippen molar-refractivity contribution in [2.45, 2.75) is 10.8 Å². The number of halogens is 2. The zero-order valence-electron chi connectivity index (χ0n) is 9.06. The first kappa shape index (κ1) is 12.3. The molecule has 17 heavy (non-hydrogen) atoms. The van der Waals surface area contributed by atoms with E-state index in [2.05, 4.69) is 0 Å². The Morgan fingerprint density at radius 1 is 1.29 bits per heavy atom. The van der Waals surface area contributed by atoms with Crippen molar-refractivity contribution in [2.75, 3.05) is 20.2 Å². The second-order valence-electron chi connectivity index (χ2n) is 3.78. The molecule has 94 valence electrons. The molecule has 0 aromatic heterocycles. The molecule has 0 aliphatic carbocycles. The Bertz CT molecular complexity index is 522. The van der Waals surface area contributed by atoms with Gasteiger partial charge >= 0.3 is 0 Å². The number of nitrogens with zero attached hydrogens (tertiary/aromatic N) is 1. The Kier molecular flexibility index (Phi) is 2.82. The molecule has 0 unspecified atom stereocenters. The third kappa shape index (κ3) is 2.12. The summed E-state index contributed by atoms with van der Waals surface area (Å²) in [5.41, 5.74) is 0. The predicted octanol–water partition coefficient (Wildman–Crippen LogP) is 1.33. The van der Waals surface area contributed by atoms with Crippen molar-refractivity contribution < 1.29 is 21.9 Å². The van der Waals surface area contributed by atoms with Gasteiger partial charge in [0.05, 0.1) is 20.2 Å². The van der Waals surface area contributed by atoms with Crippen LogP contribution in [0.2, 0.25) is 0 Å². The van der Waals surface area contributed by atoms with Gasteiger partial charge in [-0.05, 0) is 12.1 Å². The minimum atomic E-state index is -3.89. The Labute approximate surface area is 97.9 Å². The van der Waals surface area contributed by atoms with Crippen LogP contribution in [0.5, 0.6) is 5.75 Å². The Morgan fingerprint density at radius 3 is 2.41 bits per heavy atom. The topological polar surface area (TPSA) is 46.6 Å². The lowest BCUT2D eigenvalue weighted by Gasteiger charge is -2.37. The Balaban J connectivity index is 2.33. The maximum Gasteiger partial charge on any atom is 0.275 e. The fourth-order valence-electron chi connectivity index (χ4n) is 1.61. The van der Waals surface area contributed by atoms with Crippen molar-refractivity contribution >= 4 is 10.0 Å². The first-order valence-electron chi connectivity index (χ1n) is 4.88. The minimum absolute atomic E-state index is 0.0852. The van der Waals surface area contributed by atoms with Gasteiger partial charge in [-0.3, -0.25) is 0 Å². The summed E-state index contributed by atoms with van der Waals surface area (Å²) in [6, 6.07) is 5.95. The van der Waals surface area contributed by atoms with Gasteiger partial charge in [0.2, 0.25) is 10.0 Å². The molecule has 0 bridgehead atoms. The number of sulfonamides is 1. The molecule has 0 amide bonds. The van der Waals surface area contributed by atoms with Crippen molar-refractivity contribution in [1.82, 2.24) is 4.31 Å². The van der Waals surface area contributed by atoms with Crippen molar-refractivity contribution in [2.24, 2.45) is 0 Å². The first-order chi connectivity index (χ1) is 7.87. The van der Waals surface area contributed by atoms with E-state index in [1.807, 2.05) is 0 Å². The number of para-hydroxylation sites is 1. The number of hydrogen-bond donors (Lipinski definition) is 0. The largest absolute Gasteiger partial charge is 0.495 e. The van der Waals surface area contributed by atoms with Gasteiger partial charge in [0, 0.05) is 0 Å². The molecular formula is C10H11F2NO3S. The van der Waals surface area contributed by atoms with Crippen LogP contribution in [0.1, 0.15) is 0 Å². The molecule has 7 heteroatoms. The summed E-state index contributed by atoms with van der Waals surface area (Å²) in [5, 5.41) is 0. The zero-order chi connectivity index (χ0) is 12.7. The highest BCUT2D eigenvalue weighted by Gasteiger charge is 2.50. The highest BCUT2D eigenvalue weighted by molar-refractivity contribution is 7.89. The number of alkyl halides is 2. The van der Waals surface area contributed by atoms with Gasteiger partial charge in [-0.2, -0.15) is 4.31 Å².